The molecule has 5 heteroatoms. The first kappa shape index (κ1) is 8.83. The van der Waals surface area contributed by atoms with E-state index in [4.69, 9.17) is 0 Å². The van der Waals surface area contributed by atoms with Crippen LogP contribution in [0.3, 0.4) is 0 Å². The van der Waals surface area contributed by atoms with Crippen molar-refractivity contribution in [2.75, 3.05) is 0 Å². The summed E-state index contributed by atoms with van der Waals surface area (Å²) in [5.74, 6) is 0. The van der Waals surface area contributed by atoms with E-state index in [1.54, 1.807) is 0 Å². The summed E-state index contributed by atoms with van der Waals surface area (Å²) in [4.78, 5) is 0. The monoisotopic (exact) mass is 176 g/mol. The molecule has 0 N–H and O–H groups in total. The van der Waals surface area contributed by atoms with E-state index in [0.29, 0.717) is 5.69 Å². The van der Waals surface area contributed by atoms with Gasteiger partial charge in [-0.25, -0.2) is 0 Å². The van der Waals surface area contributed by atoms with Gasteiger partial charge >= 0.3 is 6.18 Å². The average Bonchev–Trinajstić information content (AvgIpc) is 2.29. The van der Waals surface area contributed by atoms with Crippen LogP contribution in [0.5, 0.6) is 0 Å². The molecule has 0 atom stereocenters. The molecule has 0 saturated heterocycles. The van der Waals surface area contributed by atoms with Gasteiger partial charge < -0.3 is 0 Å². The van der Waals surface area contributed by atoms with E-state index in [0.717, 1.165) is 10.7 Å². The molecule has 0 spiro atoms. The lowest BCUT2D eigenvalue weighted by molar-refractivity contribution is -0.141. The van der Waals surface area contributed by atoms with Crippen LogP contribution in [0.1, 0.15) is 11.4 Å². The quantitative estimate of drug-likeness (QED) is 0.640. The highest BCUT2D eigenvalue weighted by Crippen LogP contribution is 2.28. The van der Waals surface area contributed by atoms with Crippen molar-refractivity contribution in [3.63, 3.8) is 0 Å². The number of rotatable bonds is 1. The Balaban J connectivity index is 3.13. The van der Waals surface area contributed by atoms with Crippen molar-refractivity contribution >= 4 is 6.08 Å². The van der Waals surface area contributed by atoms with E-state index in [9.17, 15) is 13.2 Å². The second-order valence-corrected chi connectivity index (χ2v) is 2.28. The van der Waals surface area contributed by atoms with Crippen LogP contribution in [-0.2, 0) is 13.2 Å². The van der Waals surface area contributed by atoms with Gasteiger partial charge in [0.2, 0.25) is 0 Å². The van der Waals surface area contributed by atoms with Gasteiger partial charge in [0, 0.05) is 7.05 Å². The van der Waals surface area contributed by atoms with Crippen LogP contribution in [0.25, 0.3) is 6.08 Å². The molecule has 1 heterocycles. The maximum atomic E-state index is 12.0. The molecule has 0 unspecified atom stereocenters. The summed E-state index contributed by atoms with van der Waals surface area (Å²) in [6.07, 6.45) is -3.05. The van der Waals surface area contributed by atoms with Gasteiger partial charge in [-0.3, -0.25) is 4.68 Å². The zero-order valence-corrected chi connectivity index (χ0v) is 6.39. The predicted octanol–water partition coefficient (Wildman–Crippen LogP) is 2.08. The average molecular weight is 176 g/mol. The van der Waals surface area contributed by atoms with E-state index in [-0.39, 0.29) is 0 Å². The van der Waals surface area contributed by atoms with Crippen molar-refractivity contribution in [1.82, 2.24) is 9.78 Å². The summed E-state index contributed by atoms with van der Waals surface area (Å²) < 4.78 is 37.2. The Labute approximate surface area is 67.3 Å². The fraction of sp³-hybridized carbons (Fsp3) is 0.286. The molecule has 0 amide bonds. The summed E-state index contributed by atoms with van der Waals surface area (Å²) in [6.45, 7) is 3.36. The van der Waals surface area contributed by atoms with E-state index in [1.807, 2.05) is 0 Å². The Hall–Kier alpha value is -1.26. The molecule has 0 aliphatic heterocycles. The minimum atomic E-state index is -4.38. The second-order valence-electron chi connectivity index (χ2n) is 2.28. The van der Waals surface area contributed by atoms with Gasteiger partial charge in [0.1, 0.15) is 0 Å². The van der Waals surface area contributed by atoms with E-state index >= 15 is 0 Å². The number of nitrogens with zero attached hydrogens (tertiary/aromatic N) is 2. The maximum Gasteiger partial charge on any atom is 0.435 e. The van der Waals surface area contributed by atoms with Gasteiger partial charge in [-0.2, -0.15) is 18.3 Å². The van der Waals surface area contributed by atoms with Crippen molar-refractivity contribution in [2.24, 2.45) is 7.05 Å². The number of halogens is 3. The standard InChI is InChI=1S/C7H7F3N2/c1-3-5-4-6(7(8,9)10)11-12(5)2/h3-4H,1H2,2H3. The Morgan fingerprint density at radius 3 is 2.42 bits per heavy atom. The van der Waals surface area contributed by atoms with Crippen molar-refractivity contribution < 1.29 is 13.2 Å². The number of hydrogen-bond donors (Lipinski definition) is 0. The zero-order valence-electron chi connectivity index (χ0n) is 6.39. The summed E-state index contributed by atoms with van der Waals surface area (Å²) >= 11 is 0. The van der Waals surface area contributed by atoms with Gasteiger partial charge in [0.05, 0.1) is 5.69 Å². The molecule has 0 fully saturated rings. The molecule has 1 aromatic rings. The van der Waals surface area contributed by atoms with Crippen LogP contribution in [0.4, 0.5) is 13.2 Å². The van der Waals surface area contributed by atoms with Gasteiger partial charge in [-0.15, -0.1) is 0 Å². The lowest BCUT2D eigenvalue weighted by Gasteiger charge is -1.98. The van der Waals surface area contributed by atoms with Gasteiger partial charge in [0.25, 0.3) is 0 Å². The normalized spacial score (nSPS) is 11.7. The molecule has 0 aromatic carbocycles. The third-order valence-corrected chi connectivity index (χ3v) is 1.42. The topological polar surface area (TPSA) is 17.8 Å². The van der Waals surface area contributed by atoms with Crippen molar-refractivity contribution in [2.45, 2.75) is 6.18 Å². The highest BCUT2D eigenvalue weighted by atomic mass is 19.4. The SMILES string of the molecule is C=Cc1cc(C(F)(F)F)nn1C. The molecule has 2 nitrogen and oxygen atoms in total. The summed E-state index contributed by atoms with van der Waals surface area (Å²) in [7, 11) is 1.44. The molecule has 0 aliphatic rings. The summed E-state index contributed by atoms with van der Waals surface area (Å²) in [6, 6.07) is 0.951. The first-order valence-electron chi connectivity index (χ1n) is 3.19. The van der Waals surface area contributed by atoms with E-state index < -0.39 is 11.9 Å². The highest BCUT2D eigenvalue weighted by molar-refractivity contribution is 5.42. The Morgan fingerprint density at radius 1 is 1.58 bits per heavy atom. The van der Waals surface area contributed by atoms with Crippen molar-refractivity contribution in [1.29, 1.82) is 0 Å². The Bertz CT molecular complexity index is 298. The largest absolute Gasteiger partial charge is 0.435 e. The van der Waals surface area contributed by atoms with E-state index in [2.05, 4.69) is 11.7 Å². The van der Waals surface area contributed by atoms with Crippen LogP contribution in [0.2, 0.25) is 0 Å². The number of alkyl halides is 3. The molecule has 0 radical (unpaired) electrons. The lowest BCUT2D eigenvalue weighted by Crippen LogP contribution is -2.06. The Kier molecular flexibility index (Phi) is 1.95. The molecule has 12 heavy (non-hydrogen) atoms. The molecule has 0 bridgehead atoms. The fourth-order valence-corrected chi connectivity index (χ4v) is 0.811. The molecule has 0 saturated carbocycles. The first-order chi connectivity index (χ1) is 5.45. The highest BCUT2D eigenvalue weighted by Gasteiger charge is 2.34. The van der Waals surface area contributed by atoms with Crippen molar-refractivity contribution in [3.8, 4) is 0 Å². The van der Waals surface area contributed by atoms with Gasteiger partial charge in [0.15, 0.2) is 5.69 Å². The lowest BCUT2D eigenvalue weighted by atomic mass is 10.3. The van der Waals surface area contributed by atoms with Crippen LogP contribution in [0, 0.1) is 0 Å². The predicted molar refractivity (Wildman–Crippen MR) is 38.3 cm³/mol. The van der Waals surface area contributed by atoms with Crippen LogP contribution >= 0.6 is 0 Å². The molecule has 1 aromatic heterocycles. The van der Waals surface area contributed by atoms with E-state index in [1.165, 1.54) is 13.1 Å². The van der Waals surface area contributed by atoms with Gasteiger partial charge in [-0.05, 0) is 12.1 Å². The van der Waals surface area contributed by atoms with Gasteiger partial charge in [-0.1, -0.05) is 6.58 Å². The third kappa shape index (κ3) is 1.49. The Morgan fingerprint density at radius 2 is 2.17 bits per heavy atom. The third-order valence-electron chi connectivity index (χ3n) is 1.42. The molecular formula is C7H7F3N2. The first-order valence-corrected chi connectivity index (χ1v) is 3.19. The maximum absolute atomic E-state index is 12.0. The zero-order chi connectivity index (χ0) is 9.35. The number of hydrogen-bond acceptors (Lipinski definition) is 1. The molecular weight excluding hydrogens is 169 g/mol. The molecule has 0 aliphatic carbocycles. The minimum Gasteiger partial charge on any atom is -0.268 e. The van der Waals surface area contributed by atoms with Crippen LogP contribution in [0.15, 0.2) is 12.6 Å². The summed E-state index contributed by atoms with van der Waals surface area (Å²) in [5.41, 5.74) is -0.540. The number of aromatic nitrogens is 2. The smallest absolute Gasteiger partial charge is 0.268 e. The fourth-order valence-electron chi connectivity index (χ4n) is 0.811. The molecule has 1 rings (SSSR count). The number of aryl methyl sites for hydroxylation is 1. The summed E-state index contributed by atoms with van der Waals surface area (Å²) in [5, 5.41) is 3.27. The van der Waals surface area contributed by atoms with Crippen molar-refractivity contribution in [3.05, 3.63) is 24.0 Å². The minimum absolute atomic E-state index is 0.349. The second kappa shape index (κ2) is 2.66. The van der Waals surface area contributed by atoms with Crippen LogP contribution in [-0.4, -0.2) is 9.78 Å². The van der Waals surface area contributed by atoms with Crippen LogP contribution < -0.4 is 0 Å². The molecule has 66 valence electrons.